The van der Waals surface area contributed by atoms with Crippen LogP contribution in [-0.4, -0.2) is 43.1 Å². The number of aryl methyl sites for hydroxylation is 1. The van der Waals surface area contributed by atoms with Gasteiger partial charge in [-0.2, -0.15) is 0 Å². The number of nitrogens with zero attached hydrogens (tertiary/aromatic N) is 1. The Balaban J connectivity index is 1.46. The molecule has 5 rings (SSSR count). The van der Waals surface area contributed by atoms with Crippen LogP contribution in [0, 0.1) is 0 Å². The number of rotatable bonds is 4. The minimum absolute atomic E-state index is 0.0726. The Morgan fingerprint density at radius 1 is 1.10 bits per heavy atom. The van der Waals surface area contributed by atoms with Crippen LogP contribution >= 0.6 is 0 Å². The molecule has 0 bridgehead atoms. The smallest absolute Gasteiger partial charge is 0.224 e. The molecule has 3 unspecified atom stereocenters. The third-order valence-corrected chi connectivity index (χ3v) is 6.63. The van der Waals surface area contributed by atoms with Gasteiger partial charge in [0.25, 0.3) is 0 Å². The molecule has 30 heavy (non-hydrogen) atoms. The second-order valence-electron chi connectivity index (χ2n) is 8.64. The molecular formula is C24H29N3O3. The Morgan fingerprint density at radius 2 is 1.97 bits per heavy atom. The van der Waals surface area contributed by atoms with E-state index in [4.69, 9.17) is 15.2 Å². The Hall–Kier alpha value is -2.57. The minimum Gasteiger partial charge on any atom is -0.497 e. The van der Waals surface area contributed by atoms with Gasteiger partial charge >= 0.3 is 0 Å². The molecule has 2 aliphatic heterocycles. The maximum absolute atomic E-state index is 11.7. The SMILES string of the molecule is COc1ccc2c(c1)C(Oc1ccc3c(c1)CCC(=O)N3)C(N1CCCC(N)C1)C2. The van der Waals surface area contributed by atoms with Crippen molar-refractivity contribution < 1.29 is 14.3 Å². The van der Waals surface area contributed by atoms with Crippen molar-refractivity contribution in [2.24, 2.45) is 5.73 Å². The van der Waals surface area contributed by atoms with Crippen LogP contribution in [0.5, 0.6) is 11.5 Å². The minimum atomic E-state index is -0.0726. The molecule has 1 amide bonds. The summed E-state index contributed by atoms with van der Waals surface area (Å²) in [5.74, 6) is 1.78. The highest BCUT2D eigenvalue weighted by Crippen LogP contribution is 2.41. The van der Waals surface area contributed by atoms with E-state index in [1.165, 1.54) is 11.1 Å². The maximum atomic E-state index is 11.7. The summed E-state index contributed by atoms with van der Waals surface area (Å²) in [5.41, 5.74) is 10.8. The lowest BCUT2D eigenvalue weighted by molar-refractivity contribution is -0.116. The Bertz CT molecular complexity index is 961. The van der Waals surface area contributed by atoms with Crippen molar-refractivity contribution >= 4 is 11.6 Å². The molecule has 0 saturated carbocycles. The van der Waals surface area contributed by atoms with Gasteiger partial charge in [-0.1, -0.05) is 6.07 Å². The van der Waals surface area contributed by atoms with Crippen molar-refractivity contribution in [3.8, 4) is 11.5 Å². The summed E-state index contributed by atoms with van der Waals surface area (Å²) >= 11 is 0. The highest BCUT2D eigenvalue weighted by atomic mass is 16.5. The second-order valence-corrected chi connectivity index (χ2v) is 8.64. The predicted molar refractivity (Wildman–Crippen MR) is 116 cm³/mol. The lowest BCUT2D eigenvalue weighted by Crippen LogP contribution is -2.49. The number of fused-ring (bicyclic) bond motifs is 2. The largest absolute Gasteiger partial charge is 0.497 e. The average molecular weight is 408 g/mol. The Labute approximate surface area is 177 Å². The number of methoxy groups -OCH3 is 1. The van der Waals surface area contributed by atoms with Gasteiger partial charge in [0.15, 0.2) is 0 Å². The molecule has 6 heteroatoms. The van der Waals surface area contributed by atoms with Gasteiger partial charge in [-0.3, -0.25) is 9.69 Å². The molecule has 0 spiro atoms. The van der Waals surface area contributed by atoms with Crippen LogP contribution in [0.1, 0.15) is 42.1 Å². The molecule has 6 nitrogen and oxygen atoms in total. The number of anilines is 1. The normalized spacial score (nSPS) is 25.9. The molecule has 0 radical (unpaired) electrons. The molecule has 2 aromatic carbocycles. The van der Waals surface area contributed by atoms with E-state index in [0.717, 1.165) is 61.5 Å². The van der Waals surface area contributed by atoms with Crippen molar-refractivity contribution in [2.45, 2.75) is 50.3 Å². The van der Waals surface area contributed by atoms with Gasteiger partial charge in [-0.25, -0.2) is 0 Å². The first-order chi connectivity index (χ1) is 14.6. The van der Waals surface area contributed by atoms with Crippen LogP contribution in [-0.2, 0) is 17.6 Å². The van der Waals surface area contributed by atoms with E-state index in [2.05, 4.69) is 28.4 Å². The topological polar surface area (TPSA) is 76.8 Å². The summed E-state index contributed by atoms with van der Waals surface area (Å²) in [6.45, 7) is 1.96. The maximum Gasteiger partial charge on any atom is 0.224 e. The van der Waals surface area contributed by atoms with E-state index >= 15 is 0 Å². The average Bonchev–Trinajstić information content (AvgIpc) is 3.11. The van der Waals surface area contributed by atoms with Crippen molar-refractivity contribution in [3.05, 3.63) is 53.1 Å². The molecule has 2 heterocycles. The van der Waals surface area contributed by atoms with Gasteiger partial charge in [-0.15, -0.1) is 0 Å². The zero-order valence-electron chi connectivity index (χ0n) is 17.4. The summed E-state index contributed by atoms with van der Waals surface area (Å²) in [6.07, 6.45) is 4.37. The molecule has 3 N–H and O–H groups in total. The molecule has 0 aromatic heterocycles. The lowest BCUT2D eigenvalue weighted by Gasteiger charge is -2.38. The highest BCUT2D eigenvalue weighted by Gasteiger charge is 2.39. The third-order valence-electron chi connectivity index (χ3n) is 6.63. The molecule has 158 valence electrons. The van der Waals surface area contributed by atoms with Crippen molar-refractivity contribution in [1.82, 2.24) is 4.90 Å². The first kappa shape index (κ1) is 19.4. The van der Waals surface area contributed by atoms with E-state index in [-0.39, 0.29) is 24.1 Å². The van der Waals surface area contributed by atoms with Crippen LogP contribution in [0.4, 0.5) is 5.69 Å². The zero-order valence-corrected chi connectivity index (χ0v) is 17.4. The van der Waals surface area contributed by atoms with Crippen LogP contribution < -0.4 is 20.5 Å². The number of amides is 1. The van der Waals surface area contributed by atoms with E-state index in [0.29, 0.717) is 6.42 Å². The highest BCUT2D eigenvalue weighted by molar-refractivity contribution is 5.94. The summed E-state index contributed by atoms with van der Waals surface area (Å²) < 4.78 is 12.1. The molecule has 1 saturated heterocycles. The monoisotopic (exact) mass is 407 g/mol. The van der Waals surface area contributed by atoms with Crippen LogP contribution in [0.3, 0.4) is 0 Å². The lowest BCUT2D eigenvalue weighted by atomic mass is 10.0. The standard InChI is InChI=1S/C24H29N3O3/c1-29-18-6-4-15-12-22(27-10-2-3-17(25)14-27)24(20(15)13-18)30-19-7-8-21-16(11-19)5-9-23(28)26-21/h4,6-8,11,13,17,22,24H,2-3,5,9-10,12,14,25H2,1H3,(H,26,28). The summed E-state index contributed by atoms with van der Waals surface area (Å²) in [4.78, 5) is 14.2. The third kappa shape index (κ3) is 3.66. The van der Waals surface area contributed by atoms with Gasteiger partial charge in [-0.05, 0) is 73.7 Å². The second kappa shape index (κ2) is 7.93. The van der Waals surface area contributed by atoms with Gasteiger partial charge in [0.1, 0.15) is 17.6 Å². The summed E-state index contributed by atoms with van der Waals surface area (Å²) in [5, 5.41) is 2.94. The summed E-state index contributed by atoms with van der Waals surface area (Å²) in [6, 6.07) is 12.8. The molecule has 1 fully saturated rings. The number of nitrogens with two attached hydrogens (primary N) is 1. The molecule has 3 aliphatic rings. The number of hydrogen-bond donors (Lipinski definition) is 2. The number of benzene rings is 2. The first-order valence-electron chi connectivity index (χ1n) is 10.9. The molecule has 2 aromatic rings. The first-order valence-corrected chi connectivity index (χ1v) is 10.9. The fourth-order valence-electron chi connectivity index (χ4n) is 5.07. The number of piperidine rings is 1. The van der Waals surface area contributed by atoms with Crippen LogP contribution in [0.25, 0.3) is 0 Å². The van der Waals surface area contributed by atoms with E-state index < -0.39 is 0 Å². The zero-order chi connectivity index (χ0) is 20.7. The van der Waals surface area contributed by atoms with Gasteiger partial charge in [0.05, 0.1) is 13.2 Å². The van der Waals surface area contributed by atoms with E-state index in [1.807, 2.05) is 18.2 Å². The van der Waals surface area contributed by atoms with Crippen LogP contribution in [0.2, 0.25) is 0 Å². The number of carbonyl (C=O) groups is 1. The van der Waals surface area contributed by atoms with E-state index in [1.54, 1.807) is 7.11 Å². The van der Waals surface area contributed by atoms with Gasteiger partial charge in [0.2, 0.25) is 5.91 Å². The molecular weight excluding hydrogens is 378 g/mol. The Kier molecular flexibility index (Phi) is 5.13. The molecule has 3 atom stereocenters. The quantitative estimate of drug-likeness (QED) is 0.815. The predicted octanol–water partition coefficient (Wildman–Crippen LogP) is 3.05. The van der Waals surface area contributed by atoms with Crippen molar-refractivity contribution in [3.63, 3.8) is 0 Å². The number of nitrogens with one attached hydrogen (secondary N) is 1. The van der Waals surface area contributed by atoms with E-state index in [9.17, 15) is 4.79 Å². The fraction of sp³-hybridized carbons (Fsp3) is 0.458. The van der Waals surface area contributed by atoms with Gasteiger partial charge in [0, 0.05) is 30.3 Å². The Morgan fingerprint density at radius 3 is 2.80 bits per heavy atom. The number of likely N-dealkylation sites (tertiary alicyclic amines) is 1. The molecule has 1 aliphatic carbocycles. The number of carbonyl (C=O) groups excluding carboxylic acids is 1. The number of ether oxygens (including phenoxy) is 2. The van der Waals surface area contributed by atoms with Crippen LogP contribution in [0.15, 0.2) is 36.4 Å². The van der Waals surface area contributed by atoms with Gasteiger partial charge < -0.3 is 20.5 Å². The van der Waals surface area contributed by atoms with Crippen molar-refractivity contribution in [1.29, 1.82) is 0 Å². The summed E-state index contributed by atoms with van der Waals surface area (Å²) in [7, 11) is 1.70. The van der Waals surface area contributed by atoms with Crippen molar-refractivity contribution in [2.75, 3.05) is 25.5 Å². The number of hydrogen-bond acceptors (Lipinski definition) is 5. The fourth-order valence-corrected chi connectivity index (χ4v) is 5.07.